The second-order valence-corrected chi connectivity index (χ2v) is 18.6. The summed E-state index contributed by atoms with van der Waals surface area (Å²) < 4.78 is 0. The molecule has 1 aliphatic carbocycles. The molecule has 0 fully saturated rings. The van der Waals surface area contributed by atoms with Crippen molar-refractivity contribution in [3.63, 3.8) is 0 Å². The van der Waals surface area contributed by atoms with Crippen LogP contribution in [0.5, 0.6) is 0 Å². The molecule has 0 radical (unpaired) electrons. The van der Waals surface area contributed by atoms with Crippen molar-refractivity contribution in [3.8, 4) is 33.4 Å². The standard InChI is InChI=1S/C67H47N/c1-44-17-15-23-52(37-44)68(53-24-16-18-45(2)38-53)54-35-33-46-39-48(32-31-47(46)40-54)61-42-63-58-28-12-10-26-56(58)62(43-64(63)57-27-11-9-25-55(57)61)49-34-36-60-59-29-13-14-30-65(59)67(66(60)41-49,50-19-5-3-6-20-50)51-21-7-4-8-22-51/h3-43H,1-2H3. The molecule has 0 bridgehead atoms. The maximum Gasteiger partial charge on any atom is 0.0713 e. The molecule has 0 saturated heterocycles. The normalized spacial score (nSPS) is 12.7. The summed E-state index contributed by atoms with van der Waals surface area (Å²) in [5.74, 6) is 0. The van der Waals surface area contributed by atoms with Crippen LogP contribution < -0.4 is 4.90 Å². The third kappa shape index (κ3) is 6.24. The minimum atomic E-state index is -0.471. The lowest BCUT2D eigenvalue weighted by Crippen LogP contribution is -2.28. The van der Waals surface area contributed by atoms with Gasteiger partial charge in [0.1, 0.15) is 0 Å². The zero-order chi connectivity index (χ0) is 45.3. The molecule has 0 aromatic heterocycles. The number of nitrogens with zero attached hydrogens (tertiary/aromatic N) is 1. The van der Waals surface area contributed by atoms with E-state index in [4.69, 9.17) is 0 Å². The van der Waals surface area contributed by atoms with Gasteiger partial charge >= 0.3 is 0 Å². The Bertz CT molecular complexity index is 3850. The summed E-state index contributed by atoms with van der Waals surface area (Å²) in [7, 11) is 0. The highest BCUT2D eigenvalue weighted by Crippen LogP contribution is 2.57. The Morgan fingerprint density at radius 3 is 1.35 bits per heavy atom. The summed E-state index contributed by atoms with van der Waals surface area (Å²) in [6.45, 7) is 4.32. The Hall–Kier alpha value is -8.52. The molecule has 0 heterocycles. The third-order valence-corrected chi connectivity index (χ3v) is 14.6. The maximum atomic E-state index is 2.50. The van der Waals surface area contributed by atoms with Gasteiger partial charge in [0.05, 0.1) is 5.41 Å². The van der Waals surface area contributed by atoms with E-state index in [9.17, 15) is 0 Å². The van der Waals surface area contributed by atoms with E-state index in [2.05, 4.69) is 267 Å². The second kappa shape index (κ2) is 15.8. The van der Waals surface area contributed by atoms with E-state index in [1.807, 2.05) is 0 Å². The van der Waals surface area contributed by atoms with Gasteiger partial charge in [-0.15, -0.1) is 0 Å². The van der Waals surface area contributed by atoms with Crippen LogP contribution in [0.25, 0.3) is 76.5 Å². The minimum Gasteiger partial charge on any atom is -0.310 e. The molecule has 0 saturated carbocycles. The molecule has 12 aromatic rings. The highest BCUT2D eigenvalue weighted by atomic mass is 15.1. The molecule has 0 atom stereocenters. The van der Waals surface area contributed by atoms with Crippen molar-refractivity contribution < 1.29 is 0 Å². The smallest absolute Gasteiger partial charge is 0.0713 e. The fourth-order valence-corrected chi connectivity index (χ4v) is 11.6. The van der Waals surface area contributed by atoms with Gasteiger partial charge in [0.15, 0.2) is 0 Å². The number of fused-ring (bicyclic) bond motifs is 9. The largest absolute Gasteiger partial charge is 0.310 e. The van der Waals surface area contributed by atoms with E-state index < -0.39 is 5.41 Å². The van der Waals surface area contributed by atoms with Crippen LogP contribution in [0, 0.1) is 13.8 Å². The first-order valence-electron chi connectivity index (χ1n) is 23.7. The Kier molecular flexibility index (Phi) is 9.27. The predicted octanol–water partition coefficient (Wildman–Crippen LogP) is 18.1. The number of hydrogen-bond donors (Lipinski definition) is 0. The predicted molar refractivity (Wildman–Crippen MR) is 289 cm³/mol. The van der Waals surface area contributed by atoms with Crippen molar-refractivity contribution in [1.29, 1.82) is 0 Å². The summed E-state index contributed by atoms with van der Waals surface area (Å²) >= 11 is 0. The van der Waals surface area contributed by atoms with Crippen LogP contribution in [0.2, 0.25) is 0 Å². The van der Waals surface area contributed by atoms with Gasteiger partial charge in [0.2, 0.25) is 0 Å². The summed E-state index contributed by atoms with van der Waals surface area (Å²) in [6, 6.07) is 92.8. The van der Waals surface area contributed by atoms with Crippen molar-refractivity contribution in [3.05, 3.63) is 282 Å². The molecule has 0 amide bonds. The first kappa shape index (κ1) is 39.8. The molecular weight excluding hydrogens is 819 g/mol. The third-order valence-electron chi connectivity index (χ3n) is 14.6. The van der Waals surface area contributed by atoms with Gasteiger partial charge in [-0.05, 0) is 184 Å². The van der Waals surface area contributed by atoms with E-state index in [-0.39, 0.29) is 0 Å². The number of anilines is 3. The average Bonchev–Trinajstić information content (AvgIpc) is 3.69. The Morgan fingerprint density at radius 1 is 0.279 bits per heavy atom. The number of benzene rings is 12. The molecule has 0 spiro atoms. The van der Waals surface area contributed by atoms with Gasteiger partial charge in [0.25, 0.3) is 0 Å². The molecule has 0 aliphatic heterocycles. The van der Waals surface area contributed by atoms with E-state index in [1.165, 1.54) is 110 Å². The minimum absolute atomic E-state index is 0.471. The number of rotatable bonds is 7. The first-order valence-corrected chi connectivity index (χ1v) is 23.7. The Balaban J connectivity index is 0.976. The van der Waals surface area contributed by atoms with Crippen molar-refractivity contribution in [2.75, 3.05) is 4.90 Å². The van der Waals surface area contributed by atoms with Gasteiger partial charge < -0.3 is 4.90 Å². The van der Waals surface area contributed by atoms with Gasteiger partial charge in [-0.1, -0.05) is 188 Å². The Morgan fingerprint density at radius 2 is 0.750 bits per heavy atom. The fourth-order valence-electron chi connectivity index (χ4n) is 11.6. The van der Waals surface area contributed by atoms with Crippen molar-refractivity contribution in [2.24, 2.45) is 0 Å². The van der Waals surface area contributed by atoms with Gasteiger partial charge in [-0.3, -0.25) is 0 Å². The van der Waals surface area contributed by atoms with Crippen LogP contribution in [0.1, 0.15) is 33.4 Å². The van der Waals surface area contributed by atoms with Crippen molar-refractivity contribution in [2.45, 2.75) is 19.3 Å². The zero-order valence-corrected chi connectivity index (χ0v) is 38.1. The van der Waals surface area contributed by atoms with Gasteiger partial charge in [-0.2, -0.15) is 0 Å². The van der Waals surface area contributed by atoms with E-state index in [0.29, 0.717) is 0 Å². The van der Waals surface area contributed by atoms with Crippen LogP contribution in [-0.4, -0.2) is 0 Å². The number of hydrogen-bond acceptors (Lipinski definition) is 1. The topological polar surface area (TPSA) is 3.24 Å². The summed E-state index contributed by atoms with van der Waals surface area (Å²) in [5, 5.41) is 9.95. The molecule has 0 N–H and O–H groups in total. The molecule has 1 aliphatic rings. The lowest BCUT2D eigenvalue weighted by Gasteiger charge is -2.34. The van der Waals surface area contributed by atoms with Gasteiger partial charge in [0, 0.05) is 17.1 Å². The van der Waals surface area contributed by atoms with Crippen LogP contribution in [-0.2, 0) is 5.41 Å². The SMILES string of the molecule is Cc1cccc(N(c2cccc(C)c2)c2ccc3cc(-c4cc5c6ccccc6c(-c6ccc7c(c6)C(c6ccccc6)(c6ccccc6)c6ccccc6-7)cc5c5ccccc45)ccc3c2)c1. The zero-order valence-electron chi connectivity index (χ0n) is 38.1. The fraction of sp³-hybridized carbons (Fsp3) is 0.0448. The first-order chi connectivity index (χ1) is 33.5. The lowest BCUT2D eigenvalue weighted by atomic mass is 9.67. The van der Waals surface area contributed by atoms with Crippen molar-refractivity contribution >= 4 is 60.2 Å². The molecule has 13 rings (SSSR count). The summed E-state index contributed by atoms with van der Waals surface area (Å²) in [4.78, 5) is 2.37. The molecule has 1 nitrogen and oxygen atoms in total. The van der Waals surface area contributed by atoms with Crippen LogP contribution in [0.4, 0.5) is 17.1 Å². The molecule has 12 aromatic carbocycles. The Labute approximate surface area is 397 Å². The van der Waals surface area contributed by atoms with Crippen LogP contribution in [0.3, 0.4) is 0 Å². The van der Waals surface area contributed by atoms with E-state index in [1.54, 1.807) is 0 Å². The van der Waals surface area contributed by atoms with Crippen LogP contribution >= 0.6 is 0 Å². The van der Waals surface area contributed by atoms with E-state index >= 15 is 0 Å². The van der Waals surface area contributed by atoms with Crippen LogP contribution in [0.15, 0.2) is 249 Å². The lowest BCUT2D eigenvalue weighted by molar-refractivity contribution is 0.769. The number of aryl methyl sites for hydroxylation is 2. The molecule has 0 unspecified atom stereocenters. The monoisotopic (exact) mass is 865 g/mol. The second-order valence-electron chi connectivity index (χ2n) is 18.6. The van der Waals surface area contributed by atoms with Gasteiger partial charge in [-0.25, -0.2) is 0 Å². The average molecular weight is 866 g/mol. The summed E-state index contributed by atoms with van der Waals surface area (Å²) in [5.41, 5.74) is 18.1. The molecule has 320 valence electrons. The molecule has 1 heteroatoms. The van der Waals surface area contributed by atoms with E-state index in [0.717, 1.165) is 17.1 Å². The quantitative estimate of drug-likeness (QED) is 0.144. The van der Waals surface area contributed by atoms with Crippen molar-refractivity contribution in [1.82, 2.24) is 0 Å². The summed E-state index contributed by atoms with van der Waals surface area (Å²) in [6.07, 6.45) is 0. The highest BCUT2D eigenvalue weighted by Gasteiger charge is 2.46. The highest BCUT2D eigenvalue weighted by molar-refractivity contribution is 6.24. The maximum absolute atomic E-state index is 2.50. The molecule has 68 heavy (non-hydrogen) atoms. The molecular formula is C67H47N.